The summed E-state index contributed by atoms with van der Waals surface area (Å²) in [6.07, 6.45) is 1.04. The van der Waals surface area contributed by atoms with Crippen LogP contribution in [-0.2, 0) is 9.47 Å². The van der Waals surface area contributed by atoms with Gasteiger partial charge in [0, 0.05) is 32.9 Å². The zero-order valence-electron chi connectivity index (χ0n) is 12.6. The van der Waals surface area contributed by atoms with Crippen LogP contribution >= 0.6 is 0 Å². The molecule has 0 saturated carbocycles. The maximum absolute atomic E-state index is 6.02. The van der Waals surface area contributed by atoms with E-state index in [2.05, 4.69) is 50.4 Å². The van der Waals surface area contributed by atoms with Crippen molar-refractivity contribution >= 4 is 0 Å². The van der Waals surface area contributed by atoms with Gasteiger partial charge in [0.1, 0.15) is 0 Å². The van der Waals surface area contributed by atoms with Crippen molar-refractivity contribution < 1.29 is 9.47 Å². The van der Waals surface area contributed by atoms with Gasteiger partial charge in [0.2, 0.25) is 0 Å². The number of hydrogen-bond donors (Lipinski definition) is 1. The Labute approximate surface area is 117 Å². The minimum absolute atomic E-state index is 0.112. The fourth-order valence-electron chi connectivity index (χ4n) is 1.98. The summed E-state index contributed by atoms with van der Waals surface area (Å²) in [5, 5.41) is 3.46. The molecule has 1 N–H and O–H groups in total. The second-order valence-corrected chi connectivity index (χ2v) is 5.13. The molecule has 0 aromatic heterocycles. The summed E-state index contributed by atoms with van der Waals surface area (Å²) in [5.74, 6) is 0. The van der Waals surface area contributed by atoms with Crippen molar-refractivity contribution in [3.63, 3.8) is 0 Å². The number of benzene rings is 1. The predicted molar refractivity (Wildman–Crippen MR) is 79.5 cm³/mol. The van der Waals surface area contributed by atoms with Gasteiger partial charge in [-0.15, -0.1) is 0 Å². The predicted octanol–water partition coefficient (Wildman–Crippen LogP) is 3.09. The lowest BCUT2D eigenvalue weighted by Gasteiger charge is -2.22. The molecular formula is C16H27NO2. The second kappa shape index (κ2) is 9.08. The largest absolute Gasteiger partial charge is 0.385 e. The van der Waals surface area contributed by atoms with E-state index in [-0.39, 0.29) is 6.10 Å². The normalized spacial score (nSPS) is 12.9. The van der Waals surface area contributed by atoms with Gasteiger partial charge in [0.15, 0.2) is 0 Å². The van der Waals surface area contributed by atoms with Gasteiger partial charge in [0.05, 0.1) is 6.10 Å². The number of hydrogen-bond acceptors (Lipinski definition) is 3. The lowest BCUT2D eigenvalue weighted by atomic mass is 10.0. The molecule has 0 radical (unpaired) electrons. The number of methoxy groups -OCH3 is 1. The highest BCUT2D eigenvalue weighted by Crippen LogP contribution is 2.20. The number of ether oxygens (including phenoxy) is 2. The van der Waals surface area contributed by atoms with E-state index in [0.717, 1.165) is 26.2 Å². The Kier molecular flexibility index (Phi) is 7.72. The minimum Gasteiger partial charge on any atom is -0.385 e. The summed E-state index contributed by atoms with van der Waals surface area (Å²) in [6.45, 7) is 8.76. The zero-order chi connectivity index (χ0) is 14.1. The van der Waals surface area contributed by atoms with E-state index in [9.17, 15) is 0 Å². The Balaban J connectivity index is 2.60. The molecule has 1 rings (SSSR count). The molecule has 3 heteroatoms. The van der Waals surface area contributed by atoms with E-state index in [0.29, 0.717) is 6.04 Å². The smallest absolute Gasteiger partial charge is 0.0951 e. The first kappa shape index (κ1) is 16.2. The van der Waals surface area contributed by atoms with Gasteiger partial charge in [-0.1, -0.05) is 38.1 Å². The van der Waals surface area contributed by atoms with E-state index < -0.39 is 0 Å². The van der Waals surface area contributed by atoms with Crippen molar-refractivity contribution in [2.75, 3.05) is 26.9 Å². The molecule has 3 nitrogen and oxygen atoms in total. The molecule has 1 aromatic carbocycles. The van der Waals surface area contributed by atoms with E-state index in [1.807, 2.05) is 0 Å². The Hall–Kier alpha value is -0.900. The maximum atomic E-state index is 6.02. The molecule has 0 aliphatic carbocycles. The molecule has 0 aliphatic heterocycles. The zero-order valence-corrected chi connectivity index (χ0v) is 12.6. The van der Waals surface area contributed by atoms with Gasteiger partial charge in [0.25, 0.3) is 0 Å². The standard InChI is InChI=1S/C16H27NO2/c1-13(2)17-12-16(19-11-7-10-18-4)15-9-6-5-8-14(15)3/h5-6,8-9,13,16-17H,7,10-12H2,1-4H3. The molecule has 0 saturated heterocycles. The van der Waals surface area contributed by atoms with Crippen LogP contribution in [0.4, 0.5) is 0 Å². The van der Waals surface area contributed by atoms with Crippen molar-refractivity contribution in [1.29, 1.82) is 0 Å². The lowest BCUT2D eigenvalue weighted by Crippen LogP contribution is -2.29. The lowest BCUT2D eigenvalue weighted by molar-refractivity contribution is 0.0374. The van der Waals surface area contributed by atoms with Crippen molar-refractivity contribution in [3.8, 4) is 0 Å². The molecule has 0 spiro atoms. The summed E-state index contributed by atoms with van der Waals surface area (Å²) >= 11 is 0. The van der Waals surface area contributed by atoms with E-state index in [4.69, 9.17) is 9.47 Å². The van der Waals surface area contributed by atoms with Gasteiger partial charge in [-0.3, -0.25) is 0 Å². The monoisotopic (exact) mass is 265 g/mol. The van der Waals surface area contributed by atoms with Crippen LogP contribution in [0, 0.1) is 6.92 Å². The van der Waals surface area contributed by atoms with Gasteiger partial charge < -0.3 is 14.8 Å². The van der Waals surface area contributed by atoms with E-state index >= 15 is 0 Å². The van der Waals surface area contributed by atoms with E-state index in [1.54, 1.807) is 7.11 Å². The fraction of sp³-hybridized carbons (Fsp3) is 0.625. The third-order valence-corrected chi connectivity index (χ3v) is 3.06. The van der Waals surface area contributed by atoms with Crippen LogP contribution in [0.5, 0.6) is 0 Å². The summed E-state index contributed by atoms with van der Waals surface area (Å²) in [7, 11) is 1.72. The topological polar surface area (TPSA) is 30.5 Å². The summed E-state index contributed by atoms with van der Waals surface area (Å²) < 4.78 is 11.1. The first-order valence-corrected chi connectivity index (χ1v) is 7.04. The summed E-state index contributed by atoms with van der Waals surface area (Å²) in [4.78, 5) is 0. The quantitative estimate of drug-likeness (QED) is 0.696. The van der Waals surface area contributed by atoms with Crippen LogP contribution < -0.4 is 5.32 Å². The van der Waals surface area contributed by atoms with Crippen LogP contribution in [0.2, 0.25) is 0 Å². The highest BCUT2D eigenvalue weighted by Gasteiger charge is 2.14. The van der Waals surface area contributed by atoms with Gasteiger partial charge in [-0.25, -0.2) is 0 Å². The molecule has 1 atom stereocenters. The molecular weight excluding hydrogens is 238 g/mol. The Morgan fingerprint density at radius 1 is 1.16 bits per heavy atom. The number of nitrogens with one attached hydrogen (secondary N) is 1. The average Bonchev–Trinajstić information content (AvgIpc) is 2.39. The molecule has 0 bridgehead atoms. The number of aryl methyl sites for hydroxylation is 1. The summed E-state index contributed by atoms with van der Waals surface area (Å²) in [5.41, 5.74) is 2.55. The SMILES string of the molecule is COCCCOC(CNC(C)C)c1ccccc1C. The highest BCUT2D eigenvalue weighted by molar-refractivity contribution is 5.28. The fourth-order valence-corrected chi connectivity index (χ4v) is 1.98. The van der Waals surface area contributed by atoms with Crippen LogP contribution in [0.1, 0.15) is 37.5 Å². The molecule has 0 aliphatic rings. The van der Waals surface area contributed by atoms with Crippen molar-refractivity contribution in [2.45, 2.75) is 39.3 Å². The molecule has 108 valence electrons. The van der Waals surface area contributed by atoms with Crippen LogP contribution in [-0.4, -0.2) is 32.9 Å². The van der Waals surface area contributed by atoms with Gasteiger partial charge in [-0.2, -0.15) is 0 Å². The van der Waals surface area contributed by atoms with Gasteiger partial charge >= 0.3 is 0 Å². The van der Waals surface area contributed by atoms with Crippen molar-refractivity contribution in [2.24, 2.45) is 0 Å². The van der Waals surface area contributed by atoms with Crippen LogP contribution in [0.25, 0.3) is 0 Å². The van der Waals surface area contributed by atoms with Crippen LogP contribution in [0.3, 0.4) is 0 Å². The van der Waals surface area contributed by atoms with Crippen molar-refractivity contribution in [1.82, 2.24) is 5.32 Å². The highest BCUT2D eigenvalue weighted by atomic mass is 16.5. The first-order chi connectivity index (χ1) is 9.15. The third kappa shape index (κ3) is 6.19. The molecule has 1 aromatic rings. The second-order valence-electron chi connectivity index (χ2n) is 5.13. The maximum Gasteiger partial charge on any atom is 0.0951 e. The third-order valence-electron chi connectivity index (χ3n) is 3.06. The average molecular weight is 265 g/mol. The Morgan fingerprint density at radius 3 is 2.53 bits per heavy atom. The number of rotatable bonds is 9. The van der Waals surface area contributed by atoms with Crippen LogP contribution in [0.15, 0.2) is 24.3 Å². The molecule has 1 unspecified atom stereocenters. The molecule has 0 fully saturated rings. The van der Waals surface area contributed by atoms with E-state index in [1.165, 1.54) is 11.1 Å². The summed E-state index contributed by atoms with van der Waals surface area (Å²) in [6, 6.07) is 8.89. The molecule has 0 heterocycles. The Morgan fingerprint density at radius 2 is 1.89 bits per heavy atom. The van der Waals surface area contributed by atoms with Crippen molar-refractivity contribution in [3.05, 3.63) is 35.4 Å². The molecule has 0 amide bonds. The van der Waals surface area contributed by atoms with Gasteiger partial charge in [-0.05, 0) is 24.5 Å². The minimum atomic E-state index is 0.112. The molecule has 19 heavy (non-hydrogen) atoms. The Bertz CT molecular complexity index is 352. The first-order valence-electron chi connectivity index (χ1n) is 7.04.